The first kappa shape index (κ1) is 17.9. The standard InChI is InChI=1S/C15H20ClNO3S/c1-11(8-12-2-4-13(16)5-3-12)9-14(18)17-6-7-21-10-15(19)20/h2-5,11H,6-10H2,1H3,(H,17,18)(H,19,20). The summed E-state index contributed by atoms with van der Waals surface area (Å²) in [5.74, 6) is 0.111. The van der Waals surface area contributed by atoms with Crippen molar-refractivity contribution in [2.75, 3.05) is 18.1 Å². The summed E-state index contributed by atoms with van der Waals surface area (Å²) in [7, 11) is 0. The van der Waals surface area contributed by atoms with Crippen LogP contribution in [0.1, 0.15) is 18.9 Å². The number of aliphatic carboxylic acids is 1. The van der Waals surface area contributed by atoms with Gasteiger partial charge in [0.25, 0.3) is 0 Å². The number of nitrogens with one attached hydrogen (secondary N) is 1. The van der Waals surface area contributed by atoms with Crippen molar-refractivity contribution in [1.29, 1.82) is 0 Å². The lowest BCUT2D eigenvalue weighted by molar-refractivity contribution is -0.133. The number of hydrogen-bond acceptors (Lipinski definition) is 3. The Labute approximate surface area is 134 Å². The van der Waals surface area contributed by atoms with Gasteiger partial charge in [-0.2, -0.15) is 0 Å². The summed E-state index contributed by atoms with van der Waals surface area (Å²) in [5.41, 5.74) is 1.16. The zero-order valence-corrected chi connectivity index (χ0v) is 13.5. The second-order valence-corrected chi connectivity index (χ2v) is 6.48. The van der Waals surface area contributed by atoms with Gasteiger partial charge in [0.2, 0.25) is 5.91 Å². The number of hydrogen-bond donors (Lipinski definition) is 2. The number of benzene rings is 1. The maximum Gasteiger partial charge on any atom is 0.313 e. The topological polar surface area (TPSA) is 66.4 Å². The molecule has 0 spiro atoms. The Kier molecular flexibility index (Phi) is 8.23. The first-order valence-electron chi connectivity index (χ1n) is 6.78. The first-order valence-corrected chi connectivity index (χ1v) is 8.31. The molecule has 1 amide bonds. The lowest BCUT2D eigenvalue weighted by atomic mass is 9.98. The molecule has 0 saturated carbocycles. The first-order chi connectivity index (χ1) is 9.97. The minimum absolute atomic E-state index is 0.00684. The van der Waals surface area contributed by atoms with Crippen LogP contribution < -0.4 is 5.32 Å². The van der Waals surface area contributed by atoms with Gasteiger partial charge < -0.3 is 10.4 Å². The van der Waals surface area contributed by atoms with Gasteiger partial charge >= 0.3 is 5.97 Å². The van der Waals surface area contributed by atoms with Crippen molar-refractivity contribution < 1.29 is 14.7 Å². The molecule has 0 heterocycles. The molecule has 0 aliphatic rings. The monoisotopic (exact) mass is 329 g/mol. The summed E-state index contributed by atoms with van der Waals surface area (Å²) >= 11 is 7.13. The molecule has 0 fully saturated rings. The van der Waals surface area contributed by atoms with Crippen molar-refractivity contribution in [3.05, 3.63) is 34.9 Å². The van der Waals surface area contributed by atoms with Gasteiger partial charge in [-0.25, -0.2) is 0 Å². The Morgan fingerprint density at radius 1 is 1.33 bits per heavy atom. The van der Waals surface area contributed by atoms with E-state index in [1.807, 2.05) is 31.2 Å². The zero-order chi connectivity index (χ0) is 15.7. The molecule has 0 radical (unpaired) electrons. The van der Waals surface area contributed by atoms with Gasteiger partial charge in [0, 0.05) is 23.7 Å². The van der Waals surface area contributed by atoms with Crippen LogP contribution in [-0.4, -0.2) is 35.0 Å². The summed E-state index contributed by atoms with van der Waals surface area (Å²) in [6.07, 6.45) is 1.30. The van der Waals surface area contributed by atoms with Crippen LogP contribution in [0.25, 0.3) is 0 Å². The van der Waals surface area contributed by atoms with E-state index in [4.69, 9.17) is 16.7 Å². The van der Waals surface area contributed by atoms with Gasteiger partial charge in [-0.15, -0.1) is 11.8 Å². The Bertz CT molecular complexity index is 464. The Balaban J connectivity index is 2.18. The zero-order valence-electron chi connectivity index (χ0n) is 12.0. The molecule has 1 rings (SSSR count). The smallest absolute Gasteiger partial charge is 0.313 e. The molecular formula is C15H20ClNO3S. The van der Waals surface area contributed by atoms with Crippen LogP contribution >= 0.6 is 23.4 Å². The molecule has 0 saturated heterocycles. The van der Waals surface area contributed by atoms with Crippen LogP contribution in [0.15, 0.2) is 24.3 Å². The van der Waals surface area contributed by atoms with Crippen molar-refractivity contribution in [2.45, 2.75) is 19.8 Å². The van der Waals surface area contributed by atoms with Gasteiger partial charge in [0.05, 0.1) is 5.75 Å². The lowest BCUT2D eigenvalue weighted by Gasteiger charge is -2.11. The van der Waals surface area contributed by atoms with E-state index >= 15 is 0 Å². The molecule has 116 valence electrons. The Hall–Kier alpha value is -1.20. The van der Waals surface area contributed by atoms with Crippen LogP contribution in [-0.2, 0) is 16.0 Å². The normalized spacial score (nSPS) is 11.9. The molecule has 0 bridgehead atoms. The van der Waals surface area contributed by atoms with E-state index in [-0.39, 0.29) is 17.6 Å². The van der Waals surface area contributed by atoms with Gasteiger partial charge in [-0.1, -0.05) is 30.7 Å². The maximum atomic E-state index is 11.7. The number of carboxylic acid groups (broad SMARTS) is 1. The van der Waals surface area contributed by atoms with Gasteiger partial charge in [-0.05, 0) is 30.0 Å². The van der Waals surface area contributed by atoms with Crippen molar-refractivity contribution in [1.82, 2.24) is 5.32 Å². The number of carbonyl (C=O) groups excluding carboxylic acids is 1. The molecule has 0 aliphatic carbocycles. The molecule has 1 unspecified atom stereocenters. The predicted octanol–water partition coefficient (Wildman–Crippen LogP) is 2.84. The minimum Gasteiger partial charge on any atom is -0.481 e. The molecule has 1 aromatic carbocycles. The van der Waals surface area contributed by atoms with E-state index in [0.29, 0.717) is 23.7 Å². The SMILES string of the molecule is CC(CC(=O)NCCSCC(=O)O)Cc1ccc(Cl)cc1. The van der Waals surface area contributed by atoms with Gasteiger partial charge in [0.15, 0.2) is 0 Å². The second kappa shape index (κ2) is 9.68. The fourth-order valence-electron chi connectivity index (χ4n) is 1.91. The molecule has 2 N–H and O–H groups in total. The lowest BCUT2D eigenvalue weighted by Crippen LogP contribution is -2.27. The average molecular weight is 330 g/mol. The van der Waals surface area contributed by atoms with Crippen LogP contribution in [0, 0.1) is 5.92 Å². The highest BCUT2D eigenvalue weighted by Crippen LogP contribution is 2.15. The van der Waals surface area contributed by atoms with E-state index in [0.717, 1.165) is 12.0 Å². The highest BCUT2D eigenvalue weighted by atomic mass is 35.5. The largest absolute Gasteiger partial charge is 0.481 e. The average Bonchev–Trinajstić information content (AvgIpc) is 2.40. The molecule has 0 aliphatic heterocycles. The molecule has 4 nitrogen and oxygen atoms in total. The number of rotatable bonds is 9. The van der Waals surface area contributed by atoms with E-state index in [9.17, 15) is 9.59 Å². The van der Waals surface area contributed by atoms with Gasteiger partial charge in [0.1, 0.15) is 0 Å². The summed E-state index contributed by atoms with van der Waals surface area (Å²) in [6, 6.07) is 7.64. The van der Waals surface area contributed by atoms with Crippen LogP contribution in [0.2, 0.25) is 5.02 Å². The van der Waals surface area contributed by atoms with Crippen LogP contribution in [0.5, 0.6) is 0 Å². The Morgan fingerprint density at radius 2 is 2.00 bits per heavy atom. The third-order valence-electron chi connectivity index (χ3n) is 2.83. The van der Waals surface area contributed by atoms with Crippen molar-refractivity contribution >= 4 is 35.2 Å². The highest BCUT2D eigenvalue weighted by molar-refractivity contribution is 7.99. The fraction of sp³-hybridized carbons (Fsp3) is 0.467. The summed E-state index contributed by atoms with van der Waals surface area (Å²) in [5, 5.41) is 12.0. The van der Waals surface area contributed by atoms with Crippen molar-refractivity contribution in [3.8, 4) is 0 Å². The van der Waals surface area contributed by atoms with E-state index < -0.39 is 5.97 Å². The molecule has 1 atom stereocenters. The molecular weight excluding hydrogens is 310 g/mol. The Morgan fingerprint density at radius 3 is 2.62 bits per heavy atom. The highest BCUT2D eigenvalue weighted by Gasteiger charge is 2.09. The predicted molar refractivity (Wildman–Crippen MR) is 86.9 cm³/mol. The summed E-state index contributed by atoms with van der Waals surface area (Å²) < 4.78 is 0. The number of carbonyl (C=O) groups is 2. The van der Waals surface area contributed by atoms with Crippen molar-refractivity contribution in [3.63, 3.8) is 0 Å². The van der Waals surface area contributed by atoms with E-state index in [1.165, 1.54) is 11.8 Å². The number of amides is 1. The minimum atomic E-state index is -0.831. The summed E-state index contributed by atoms with van der Waals surface area (Å²) in [4.78, 5) is 22.1. The van der Waals surface area contributed by atoms with Crippen LogP contribution in [0.3, 0.4) is 0 Å². The van der Waals surface area contributed by atoms with E-state index in [2.05, 4.69) is 5.32 Å². The molecule has 21 heavy (non-hydrogen) atoms. The second-order valence-electron chi connectivity index (χ2n) is 4.94. The third-order valence-corrected chi connectivity index (χ3v) is 4.02. The quantitative estimate of drug-likeness (QED) is 0.684. The summed E-state index contributed by atoms with van der Waals surface area (Å²) in [6.45, 7) is 2.54. The maximum absolute atomic E-state index is 11.7. The molecule has 1 aromatic rings. The van der Waals surface area contributed by atoms with Gasteiger partial charge in [-0.3, -0.25) is 9.59 Å². The third kappa shape index (κ3) is 8.63. The number of halogens is 1. The molecule has 6 heteroatoms. The fourth-order valence-corrected chi connectivity index (χ4v) is 2.60. The number of thioether (sulfide) groups is 1. The number of carboxylic acids is 1. The van der Waals surface area contributed by atoms with Crippen molar-refractivity contribution in [2.24, 2.45) is 5.92 Å². The molecule has 0 aromatic heterocycles. The van der Waals surface area contributed by atoms with E-state index in [1.54, 1.807) is 0 Å². The van der Waals surface area contributed by atoms with Crippen LogP contribution in [0.4, 0.5) is 0 Å².